The van der Waals surface area contributed by atoms with Crippen LogP contribution in [0.5, 0.6) is 0 Å². The van der Waals surface area contributed by atoms with Gasteiger partial charge in [0.25, 0.3) is 5.91 Å². The summed E-state index contributed by atoms with van der Waals surface area (Å²) in [4.78, 5) is 23.5. The highest BCUT2D eigenvalue weighted by Crippen LogP contribution is 2.28. The molecule has 0 saturated carbocycles. The fraction of sp³-hybridized carbons (Fsp3) is 0. The molecular formula is C20H14ClNO3. The van der Waals surface area contributed by atoms with Crippen LogP contribution in [0.3, 0.4) is 0 Å². The second-order valence-electron chi connectivity index (χ2n) is 5.37. The highest BCUT2D eigenvalue weighted by atomic mass is 35.5. The number of rotatable bonds is 4. The van der Waals surface area contributed by atoms with E-state index in [0.29, 0.717) is 5.69 Å². The van der Waals surface area contributed by atoms with Crippen LogP contribution in [0.15, 0.2) is 72.8 Å². The van der Waals surface area contributed by atoms with Gasteiger partial charge in [-0.15, -0.1) is 0 Å². The number of carboxylic acid groups (broad SMARTS) is 1. The van der Waals surface area contributed by atoms with E-state index in [1.807, 2.05) is 54.6 Å². The van der Waals surface area contributed by atoms with Gasteiger partial charge in [-0.2, -0.15) is 0 Å². The molecule has 4 nitrogen and oxygen atoms in total. The van der Waals surface area contributed by atoms with E-state index < -0.39 is 5.97 Å². The molecule has 0 fully saturated rings. The first-order valence-electron chi connectivity index (χ1n) is 7.55. The molecular weight excluding hydrogens is 338 g/mol. The molecule has 1 amide bonds. The van der Waals surface area contributed by atoms with E-state index in [0.717, 1.165) is 11.1 Å². The van der Waals surface area contributed by atoms with Crippen LogP contribution in [0.2, 0.25) is 5.02 Å². The summed E-state index contributed by atoms with van der Waals surface area (Å²) in [5.41, 5.74) is 2.79. The number of benzene rings is 3. The van der Waals surface area contributed by atoms with Gasteiger partial charge in [0.05, 0.1) is 10.6 Å². The van der Waals surface area contributed by atoms with Crippen molar-refractivity contribution in [3.8, 4) is 11.1 Å². The van der Waals surface area contributed by atoms with Gasteiger partial charge in [-0.1, -0.05) is 60.1 Å². The van der Waals surface area contributed by atoms with Gasteiger partial charge in [0.2, 0.25) is 0 Å². The molecule has 0 aromatic heterocycles. The molecule has 0 bridgehead atoms. The molecule has 0 unspecified atom stereocenters. The summed E-state index contributed by atoms with van der Waals surface area (Å²) in [6.07, 6.45) is 0. The number of aromatic carboxylic acids is 1. The first kappa shape index (κ1) is 16.7. The van der Waals surface area contributed by atoms with Crippen LogP contribution in [0, 0.1) is 0 Å². The minimum atomic E-state index is -1.13. The molecule has 2 N–H and O–H groups in total. The summed E-state index contributed by atoms with van der Waals surface area (Å²) < 4.78 is 0. The number of anilines is 1. The number of carbonyl (C=O) groups is 2. The minimum absolute atomic E-state index is 0.0245. The van der Waals surface area contributed by atoms with Crippen LogP contribution in [0.4, 0.5) is 5.69 Å². The van der Waals surface area contributed by atoms with E-state index in [2.05, 4.69) is 5.32 Å². The summed E-state index contributed by atoms with van der Waals surface area (Å²) >= 11 is 5.94. The zero-order chi connectivity index (χ0) is 17.8. The van der Waals surface area contributed by atoms with Crippen LogP contribution >= 0.6 is 11.6 Å². The number of halogens is 1. The molecule has 0 aliphatic heterocycles. The third kappa shape index (κ3) is 3.70. The molecule has 0 heterocycles. The maximum atomic E-state index is 12.5. The van der Waals surface area contributed by atoms with Crippen molar-refractivity contribution in [1.82, 2.24) is 0 Å². The average molecular weight is 352 g/mol. The van der Waals surface area contributed by atoms with Crippen molar-refractivity contribution in [2.24, 2.45) is 0 Å². The molecule has 3 aromatic rings. The Labute approximate surface area is 149 Å². The molecule has 0 atom stereocenters. The highest BCUT2D eigenvalue weighted by Gasteiger charge is 2.14. The molecule has 0 saturated heterocycles. The van der Waals surface area contributed by atoms with Crippen LogP contribution in [0.1, 0.15) is 20.7 Å². The first-order valence-corrected chi connectivity index (χ1v) is 7.92. The highest BCUT2D eigenvalue weighted by molar-refractivity contribution is 6.34. The molecule has 0 radical (unpaired) electrons. The lowest BCUT2D eigenvalue weighted by Gasteiger charge is -2.12. The number of amides is 1. The SMILES string of the molecule is O=C(Nc1ccccc1-c1ccccc1)c1ccc(C(=O)O)c(Cl)c1. The maximum absolute atomic E-state index is 12.5. The van der Waals surface area contributed by atoms with E-state index in [1.54, 1.807) is 0 Å². The summed E-state index contributed by atoms with van der Waals surface area (Å²) in [6.45, 7) is 0. The van der Waals surface area contributed by atoms with E-state index in [9.17, 15) is 9.59 Å². The number of nitrogens with one attached hydrogen (secondary N) is 1. The summed E-state index contributed by atoms with van der Waals surface area (Å²) in [6, 6.07) is 21.3. The van der Waals surface area contributed by atoms with Gasteiger partial charge in [-0.3, -0.25) is 4.79 Å². The van der Waals surface area contributed by atoms with Crippen molar-refractivity contribution < 1.29 is 14.7 Å². The van der Waals surface area contributed by atoms with E-state index in [4.69, 9.17) is 16.7 Å². The van der Waals surface area contributed by atoms with Gasteiger partial charge in [-0.25, -0.2) is 4.79 Å². The topological polar surface area (TPSA) is 66.4 Å². The maximum Gasteiger partial charge on any atom is 0.337 e. The Balaban J connectivity index is 1.90. The number of hydrogen-bond donors (Lipinski definition) is 2. The Hall–Kier alpha value is -3.11. The minimum Gasteiger partial charge on any atom is -0.478 e. The predicted molar refractivity (Wildman–Crippen MR) is 98.2 cm³/mol. The van der Waals surface area contributed by atoms with Crippen molar-refractivity contribution in [1.29, 1.82) is 0 Å². The Kier molecular flexibility index (Phi) is 4.82. The van der Waals surface area contributed by atoms with Crippen molar-refractivity contribution in [2.45, 2.75) is 0 Å². The second-order valence-corrected chi connectivity index (χ2v) is 5.77. The standard InChI is InChI=1S/C20H14ClNO3/c21-17-12-14(10-11-16(17)20(24)25)19(23)22-18-9-5-4-8-15(18)13-6-2-1-3-7-13/h1-12H,(H,22,23)(H,24,25). The third-order valence-electron chi connectivity index (χ3n) is 3.72. The molecule has 3 aromatic carbocycles. The van der Waals surface area contributed by atoms with E-state index in [1.165, 1.54) is 18.2 Å². The number of para-hydroxylation sites is 1. The smallest absolute Gasteiger partial charge is 0.337 e. The summed E-state index contributed by atoms with van der Waals surface area (Å²) in [7, 11) is 0. The van der Waals surface area contributed by atoms with Crippen LogP contribution in [-0.2, 0) is 0 Å². The average Bonchev–Trinajstić information content (AvgIpc) is 2.62. The molecule has 3 rings (SSSR count). The zero-order valence-corrected chi connectivity index (χ0v) is 13.8. The van der Waals surface area contributed by atoms with Crippen molar-refractivity contribution >= 4 is 29.2 Å². The Morgan fingerprint density at radius 3 is 2.24 bits per heavy atom. The van der Waals surface area contributed by atoms with Crippen LogP contribution in [-0.4, -0.2) is 17.0 Å². The van der Waals surface area contributed by atoms with Gasteiger partial charge in [0, 0.05) is 16.8 Å². The molecule has 0 aliphatic carbocycles. The fourth-order valence-corrected chi connectivity index (χ4v) is 2.75. The molecule has 5 heteroatoms. The van der Waals surface area contributed by atoms with Crippen LogP contribution < -0.4 is 5.32 Å². The number of carboxylic acids is 1. The van der Waals surface area contributed by atoms with Crippen molar-refractivity contribution in [3.63, 3.8) is 0 Å². The largest absolute Gasteiger partial charge is 0.478 e. The third-order valence-corrected chi connectivity index (χ3v) is 4.03. The second kappa shape index (κ2) is 7.20. The van der Waals surface area contributed by atoms with Gasteiger partial charge in [0.15, 0.2) is 0 Å². The van der Waals surface area contributed by atoms with Crippen LogP contribution in [0.25, 0.3) is 11.1 Å². The van der Waals surface area contributed by atoms with Gasteiger partial charge >= 0.3 is 5.97 Å². The predicted octanol–water partition coefficient (Wildman–Crippen LogP) is 4.96. The van der Waals surface area contributed by atoms with Crippen molar-refractivity contribution in [3.05, 3.63) is 88.9 Å². The molecule has 124 valence electrons. The lowest BCUT2D eigenvalue weighted by molar-refractivity contribution is 0.0696. The Morgan fingerprint density at radius 1 is 0.880 bits per heavy atom. The van der Waals surface area contributed by atoms with Gasteiger partial charge in [-0.05, 0) is 29.8 Å². The number of carbonyl (C=O) groups excluding carboxylic acids is 1. The van der Waals surface area contributed by atoms with Gasteiger partial charge < -0.3 is 10.4 Å². The fourth-order valence-electron chi connectivity index (χ4n) is 2.49. The number of hydrogen-bond acceptors (Lipinski definition) is 2. The quantitative estimate of drug-likeness (QED) is 0.698. The first-order chi connectivity index (χ1) is 12.1. The van der Waals surface area contributed by atoms with E-state index >= 15 is 0 Å². The summed E-state index contributed by atoms with van der Waals surface area (Å²) in [5.74, 6) is -1.49. The van der Waals surface area contributed by atoms with E-state index in [-0.39, 0.29) is 22.1 Å². The Bertz CT molecular complexity index is 939. The molecule has 0 spiro atoms. The van der Waals surface area contributed by atoms with Gasteiger partial charge in [0.1, 0.15) is 0 Å². The van der Waals surface area contributed by atoms with Crippen molar-refractivity contribution in [2.75, 3.05) is 5.32 Å². The Morgan fingerprint density at radius 2 is 1.56 bits per heavy atom. The monoisotopic (exact) mass is 351 g/mol. The lowest BCUT2D eigenvalue weighted by Crippen LogP contribution is -2.13. The lowest BCUT2D eigenvalue weighted by atomic mass is 10.0. The molecule has 25 heavy (non-hydrogen) atoms. The molecule has 0 aliphatic rings. The zero-order valence-electron chi connectivity index (χ0n) is 13.1. The summed E-state index contributed by atoms with van der Waals surface area (Å²) in [5, 5.41) is 11.9. The normalized spacial score (nSPS) is 10.3.